The Balaban J connectivity index is 1.68. The highest BCUT2D eigenvalue weighted by molar-refractivity contribution is 6.42. The molecule has 8 nitrogen and oxygen atoms in total. The molecule has 29 heavy (non-hydrogen) atoms. The maximum atomic E-state index is 12.8. The Morgan fingerprint density at radius 1 is 0.862 bits per heavy atom. The smallest absolute Gasteiger partial charge is 0.508 e. The van der Waals surface area contributed by atoms with Gasteiger partial charge in [-0.25, -0.2) is 4.79 Å². The maximum absolute atomic E-state index is 12.8. The van der Waals surface area contributed by atoms with Crippen LogP contribution in [0, 0.1) is 0 Å². The molecule has 0 aliphatic carbocycles. The molecule has 9 heteroatoms. The van der Waals surface area contributed by atoms with E-state index in [0.717, 1.165) is 0 Å². The van der Waals surface area contributed by atoms with E-state index in [-0.39, 0.29) is 40.2 Å². The van der Waals surface area contributed by atoms with E-state index in [9.17, 15) is 15.0 Å². The number of phenols is 2. The number of hydrogen-bond donors (Lipinski definition) is 2. The van der Waals surface area contributed by atoms with E-state index in [1.54, 1.807) is 30.3 Å². The number of fused-ring (bicyclic) bond motifs is 10. The summed E-state index contributed by atoms with van der Waals surface area (Å²) >= 11 is 0. The molecule has 4 aliphatic rings. The molecule has 1 atom stereocenters. The summed E-state index contributed by atoms with van der Waals surface area (Å²) in [6, 6.07) is 11.6. The molecule has 3 bridgehead atoms. The van der Waals surface area contributed by atoms with Gasteiger partial charge in [-0.1, -0.05) is 18.2 Å². The minimum Gasteiger partial charge on any atom is -0.508 e. The summed E-state index contributed by atoms with van der Waals surface area (Å²) in [5.41, 5.74) is 0.460. The van der Waals surface area contributed by atoms with E-state index in [4.69, 9.17) is 23.4 Å². The van der Waals surface area contributed by atoms with Gasteiger partial charge in [0.05, 0.1) is 11.1 Å². The Hall–Kier alpha value is -4.01. The van der Waals surface area contributed by atoms with Crippen molar-refractivity contribution in [2.75, 3.05) is 0 Å². The number of hydrogen-bond acceptors (Lipinski definition) is 8. The van der Waals surface area contributed by atoms with Crippen molar-refractivity contribution in [3.63, 3.8) is 0 Å². The van der Waals surface area contributed by atoms with Crippen LogP contribution in [0.15, 0.2) is 42.5 Å². The van der Waals surface area contributed by atoms with E-state index in [1.807, 2.05) is 0 Å². The van der Waals surface area contributed by atoms with Gasteiger partial charge in [-0.2, -0.15) is 0 Å². The number of carbonyl (C=O) groups excluding carboxylic acids is 1. The van der Waals surface area contributed by atoms with Crippen LogP contribution in [0.1, 0.15) is 27.0 Å². The highest BCUT2D eigenvalue weighted by Gasteiger charge is 2.61. The van der Waals surface area contributed by atoms with Crippen molar-refractivity contribution in [2.45, 2.75) is 5.60 Å². The number of aromatic hydroxyl groups is 2. The average Bonchev–Trinajstić information content (AvgIpc) is 3.16. The number of rotatable bonds is 0. The molecule has 0 saturated carbocycles. The maximum Gasteiger partial charge on any atom is 0.864 e. The first-order valence-electron chi connectivity index (χ1n) is 8.85. The minimum atomic E-state index is -1.41. The van der Waals surface area contributed by atoms with Crippen LogP contribution in [0.4, 0.5) is 0 Å². The first kappa shape index (κ1) is 15.0. The average molecular weight is 388 g/mol. The number of benzene rings is 3. The standard InChI is InChI=1S/C20H9BO8/c22-8-5-6-11-12(7-8)25-15-13(16-18-14(23)17(15)28-21(27-16)29-18)20(11)10-4-2-1-3-9(10)19(24)26-20/h1-7,22-23H. The van der Waals surface area contributed by atoms with Crippen LogP contribution in [0.3, 0.4) is 0 Å². The first-order valence-corrected chi connectivity index (χ1v) is 8.85. The molecule has 3 aromatic carbocycles. The number of ether oxygens (including phenoxy) is 2. The lowest BCUT2D eigenvalue weighted by Crippen LogP contribution is -2.33. The fourth-order valence-electron chi connectivity index (χ4n) is 4.49. The SMILES string of the molecule is O=C1OC2(c3ccc(O)cc3Oc3c4c(O)c5c(c32)OB(O5)O4)c2ccccc21. The lowest BCUT2D eigenvalue weighted by atomic mass is 9.77. The molecule has 4 heterocycles. The van der Waals surface area contributed by atoms with Crippen molar-refractivity contribution in [3.05, 3.63) is 64.7 Å². The zero-order valence-electron chi connectivity index (χ0n) is 14.5. The predicted octanol–water partition coefficient (Wildman–Crippen LogP) is 2.81. The third-order valence-corrected chi connectivity index (χ3v) is 5.62. The van der Waals surface area contributed by atoms with Gasteiger partial charge in [0.2, 0.25) is 5.75 Å². The Morgan fingerprint density at radius 3 is 2.48 bits per heavy atom. The molecule has 0 amide bonds. The zero-order valence-corrected chi connectivity index (χ0v) is 14.5. The number of esters is 1. The summed E-state index contributed by atoms with van der Waals surface area (Å²) in [6.07, 6.45) is 0. The molecule has 0 saturated heterocycles. The van der Waals surface area contributed by atoms with E-state index in [1.165, 1.54) is 12.1 Å². The zero-order chi connectivity index (χ0) is 19.5. The molecule has 140 valence electrons. The molecule has 0 aromatic heterocycles. The second-order valence-corrected chi connectivity index (χ2v) is 7.08. The van der Waals surface area contributed by atoms with Gasteiger partial charge in [0.1, 0.15) is 11.5 Å². The van der Waals surface area contributed by atoms with Crippen molar-refractivity contribution in [2.24, 2.45) is 0 Å². The van der Waals surface area contributed by atoms with Crippen molar-refractivity contribution >= 4 is 13.3 Å². The van der Waals surface area contributed by atoms with Gasteiger partial charge in [-0.3, -0.25) is 0 Å². The highest BCUT2D eigenvalue weighted by atomic mass is 16.8. The van der Waals surface area contributed by atoms with Gasteiger partial charge in [0.15, 0.2) is 28.6 Å². The van der Waals surface area contributed by atoms with Crippen LogP contribution in [0.5, 0.6) is 40.2 Å². The summed E-state index contributed by atoms with van der Waals surface area (Å²) in [6.45, 7) is 0. The van der Waals surface area contributed by atoms with Crippen LogP contribution < -0.4 is 18.7 Å². The molecule has 7 rings (SSSR count). The quantitative estimate of drug-likeness (QED) is 0.448. The van der Waals surface area contributed by atoms with Crippen LogP contribution in [0.2, 0.25) is 0 Å². The van der Waals surface area contributed by atoms with Gasteiger partial charge >= 0.3 is 13.3 Å². The van der Waals surface area contributed by atoms with Gasteiger partial charge in [0.25, 0.3) is 0 Å². The molecule has 0 radical (unpaired) electrons. The molecule has 2 N–H and O–H groups in total. The molecule has 3 aromatic rings. The fraction of sp³-hybridized carbons (Fsp3) is 0.0500. The molecule has 4 aliphatic heterocycles. The monoisotopic (exact) mass is 388 g/mol. The Bertz CT molecular complexity index is 1300. The van der Waals surface area contributed by atoms with E-state index in [2.05, 4.69) is 0 Å². The largest absolute Gasteiger partial charge is 0.864 e. The topological polar surface area (TPSA) is 104 Å². The lowest BCUT2D eigenvalue weighted by molar-refractivity contribution is 0.0220. The van der Waals surface area contributed by atoms with Crippen molar-refractivity contribution < 1.29 is 38.4 Å². The van der Waals surface area contributed by atoms with E-state index < -0.39 is 18.9 Å². The second kappa shape index (κ2) is 4.52. The van der Waals surface area contributed by atoms with Gasteiger partial charge in [0, 0.05) is 17.2 Å². The predicted molar refractivity (Wildman–Crippen MR) is 95.7 cm³/mol. The lowest BCUT2D eigenvalue weighted by Gasteiger charge is -2.37. The molecular formula is C20H9BO8. The third-order valence-electron chi connectivity index (χ3n) is 5.62. The van der Waals surface area contributed by atoms with E-state index >= 15 is 0 Å². The highest BCUT2D eigenvalue weighted by Crippen LogP contribution is 2.68. The minimum absolute atomic E-state index is 0.0251. The van der Waals surface area contributed by atoms with Crippen LogP contribution in [-0.4, -0.2) is 23.5 Å². The van der Waals surface area contributed by atoms with Crippen molar-refractivity contribution in [3.8, 4) is 40.2 Å². The van der Waals surface area contributed by atoms with Crippen molar-refractivity contribution in [1.29, 1.82) is 0 Å². The molecule has 1 unspecified atom stereocenters. The van der Waals surface area contributed by atoms with Gasteiger partial charge in [-0.15, -0.1) is 0 Å². The summed E-state index contributed by atoms with van der Waals surface area (Å²) < 4.78 is 28.8. The van der Waals surface area contributed by atoms with Crippen LogP contribution in [0.25, 0.3) is 0 Å². The van der Waals surface area contributed by atoms with Crippen LogP contribution in [-0.2, 0) is 10.3 Å². The summed E-state index contributed by atoms with van der Waals surface area (Å²) in [5, 5.41) is 20.5. The Morgan fingerprint density at radius 2 is 1.62 bits per heavy atom. The number of phenolic OH excluding ortho intramolecular Hbond substituents is 2. The second-order valence-electron chi connectivity index (χ2n) is 7.08. The van der Waals surface area contributed by atoms with Crippen molar-refractivity contribution in [1.82, 2.24) is 0 Å². The molecular weight excluding hydrogens is 379 g/mol. The number of carbonyl (C=O) groups is 1. The Kier molecular flexibility index (Phi) is 2.33. The van der Waals surface area contributed by atoms with Gasteiger partial charge in [-0.05, 0) is 18.2 Å². The van der Waals surface area contributed by atoms with Gasteiger partial charge < -0.3 is 33.6 Å². The Labute approximate surface area is 162 Å². The normalized spacial score (nSPS) is 20.8. The summed E-state index contributed by atoms with van der Waals surface area (Å²) in [7, 11) is -1.07. The summed E-state index contributed by atoms with van der Waals surface area (Å²) in [4.78, 5) is 12.8. The fourth-order valence-corrected chi connectivity index (χ4v) is 4.49. The first-order chi connectivity index (χ1) is 14.1. The molecule has 1 spiro atoms. The van der Waals surface area contributed by atoms with Crippen LogP contribution >= 0.6 is 0 Å². The third kappa shape index (κ3) is 1.53. The summed E-state index contributed by atoms with van der Waals surface area (Å²) in [5.74, 6) is -0.0493. The molecule has 0 fully saturated rings. The van der Waals surface area contributed by atoms with E-state index in [0.29, 0.717) is 22.3 Å².